The van der Waals surface area contributed by atoms with Crippen LogP contribution in [0.1, 0.15) is 76.6 Å². The van der Waals surface area contributed by atoms with E-state index in [1.165, 1.54) is 4.90 Å². The van der Waals surface area contributed by atoms with Crippen molar-refractivity contribution >= 4 is 23.7 Å². The Morgan fingerprint density at radius 3 is 1.55 bits per heavy atom. The minimum Gasteiger partial charge on any atom is -0.492 e. The van der Waals surface area contributed by atoms with Crippen LogP contribution in [0.15, 0.2) is 48.5 Å². The Labute approximate surface area is 323 Å². The molecule has 55 heavy (non-hydrogen) atoms. The molecule has 0 saturated carbocycles. The van der Waals surface area contributed by atoms with Gasteiger partial charge in [-0.2, -0.15) is 13.2 Å². The number of hydrogen-bond acceptors (Lipinski definition) is 9. The third kappa shape index (κ3) is 14.0. The summed E-state index contributed by atoms with van der Waals surface area (Å²) in [5.41, 5.74) is 6.99. The Morgan fingerprint density at radius 1 is 0.745 bits per heavy atom. The minimum absolute atomic E-state index is 0.126. The maximum Gasteiger partial charge on any atom is 0.422 e. The Hall–Kier alpha value is -4.37. The third-order valence-electron chi connectivity index (χ3n) is 10.1. The number of carbonyl (C=O) groups is 4. The molecule has 2 aromatic rings. The number of benzene rings is 2. The van der Waals surface area contributed by atoms with Crippen LogP contribution in [0.4, 0.5) is 13.2 Å². The van der Waals surface area contributed by atoms with E-state index in [1.807, 2.05) is 83.3 Å². The molecule has 2 N–H and O–H groups in total. The number of amides is 3. The maximum atomic E-state index is 12.6. The van der Waals surface area contributed by atoms with E-state index in [0.717, 1.165) is 36.1 Å². The zero-order chi connectivity index (χ0) is 41.0. The highest BCUT2D eigenvalue weighted by atomic mass is 19.4. The topological polar surface area (TPSA) is 135 Å². The van der Waals surface area contributed by atoms with Crippen LogP contribution in [-0.4, -0.2) is 123 Å². The number of halogens is 3. The molecule has 4 rings (SSSR count). The lowest BCUT2D eigenvalue weighted by Crippen LogP contribution is -2.46. The normalized spacial score (nSPS) is 21.3. The Kier molecular flexibility index (Phi) is 16.8. The fraction of sp³-hybridized carbons (Fsp3) is 0.600. The summed E-state index contributed by atoms with van der Waals surface area (Å²) >= 11 is 0. The van der Waals surface area contributed by atoms with Crippen molar-refractivity contribution in [3.63, 3.8) is 0 Å². The van der Waals surface area contributed by atoms with E-state index in [1.54, 1.807) is 17.0 Å². The summed E-state index contributed by atoms with van der Waals surface area (Å²) in [6, 6.07) is 15.0. The monoisotopic (exact) mass is 777 g/mol. The average molecular weight is 778 g/mol. The number of piperidine rings is 2. The van der Waals surface area contributed by atoms with Gasteiger partial charge >= 0.3 is 29.9 Å². The zero-order valence-corrected chi connectivity index (χ0v) is 33.3. The van der Waals surface area contributed by atoms with Crippen LogP contribution < -0.4 is 15.2 Å². The van der Waals surface area contributed by atoms with Gasteiger partial charge in [0.15, 0.2) is 6.61 Å². The van der Waals surface area contributed by atoms with Crippen molar-refractivity contribution < 1.29 is 46.6 Å². The molecule has 2 heterocycles. The fourth-order valence-electron chi connectivity index (χ4n) is 6.27. The molecular formula is C40H58F3N5O7. The van der Waals surface area contributed by atoms with Gasteiger partial charge in [-0.25, -0.2) is 4.79 Å². The SMILES string of the molecule is CC(COc1cccc([C@H]2CC[C@H](C)CN2C(=O)C(N)=O)c1)N(C)C.C[C@H]1CC[C@H](c2cccc(OC[C@H](C)N(C)C)c2)N(C(=O)C(=O)OCC(F)(F)F)C1. The molecular weight excluding hydrogens is 719 g/mol. The van der Waals surface area contributed by atoms with E-state index in [9.17, 15) is 32.3 Å². The molecule has 12 nitrogen and oxygen atoms in total. The predicted molar refractivity (Wildman–Crippen MR) is 202 cm³/mol. The van der Waals surface area contributed by atoms with Crippen LogP contribution in [0, 0.1) is 11.8 Å². The first-order chi connectivity index (χ1) is 25.8. The van der Waals surface area contributed by atoms with Gasteiger partial charge in [-0.3, -0.25) is 14.4 Å². The van der Waals surface area contributed by atoms with Gasteiger partial charge in [0.2, 0.25) is 0 Å². The Bertz CT molecular complexity index is 1590. The number of nitrogens with zero attached hydrogens (tertiary/aromatic N) is 4. The van der Waals surface area contributed by atoms with Crippen LogP contribution in [0.2, 0.25) is 0 Å². The first kappa shape index (κ1) is 45.0. The maximum absolute atomic E-state index is 12.6. The van der Waals surface area contributed by atoms with Gasteiger partial charge < -0.3 is 39.5 Å². The first-order valence-electron chi connectivity index (χ1n) is 18.7. The molecule has 2 aliphatic rings. The van der Waals surface area contributed by atoms with Crippen molar-refractivity contribution in [1.29, 1.82) is 0 Å². The predicted octanol–water partition coefficient (Wildman–Crippen LogP) is 5.22. The van der Waals surface area contributed by atoms with Crippen molar-refractivity contribution in [2.24, 2.45) is 17.6 Å². The Morgan fingerprint density at radius 2 is 1.16 bits per heavy atom. The molecule has 0 bridgehead atoms. The molecule has 15 heteroatoms. The lowest BCUT2D eigenvalue weighted by molar-refractivity contribution is -0.190. The standard InChI is InChI=1S/C21H29F3N2O4.C19H29N3O3/c1-14-8-9-18(26(11-14)19(27)20(28)30-13-21(22,23)24)16-6-5-7-17(10-16)29-12-15(2)25(3)4;1-13-8-9-17(22(11-13)19(24)18(20)23)15-6-5-7-16(10-15)25-12-14(2)21(3)4/h5-7,10,14-15,18H,8-9,11-13H2,1-4H3;5-7,10,13-14,17H,8-9,11-12H2,1-4H3,(H2,20,23)/t14-,15-,18+;13-,14?,17+/m00/s1. The molecule has 0 aromatic heterocycles. The number of nitrogens with two attached hydrogens (primary N) is 1. The molecule has 0 radical (unpaired) electrons. The van der Waals surface area contributed by atoms with E-state index in [-0.39, 0.29) is 24.5 Å². The zero-order valence-electron chi connectivity index (χ0n) is 33.3. The molecule has 6 atom stereocenters. The van der Waals surface area contributed by atoms with Crippen molar-refractivity contribution in [3.8, 4) is 11.5 Å². The molecule has 2 saturated heterocycles. The van der Waals surface area contributed by atoms with Gasteiger partial charge in [0.05, 0.1) is 12.1 Å². The van der Waals surface area contributed by atoms with E-state index >= 15 is 0 Å². The molecule has 0 aliphatic carbocycles. The summed E-state index contributed by atoms with van der Waals surface area (Å²) < 4.78 is 52.9. The average Bonchev–Trinajstić information content (AvgIpc) is 3.14. The fourth-order valence-corrected chi connectivity index (χ4v) is 6.27. The van der Waals surface area contributed by atoms with E-state index in [2.05, 4.69) is 23.5 Å². The number of carbonyl (C=O) groups excluding carboxylic acids is 4. The van der Waals surface area contributed by atoms with Gasteiger partial charge in [0, 0.05) is 25.2 Å². The number of likely N-dealkylation sites (tertiary alicyclic amines) is 2. The smallest absolute Gasteiger partial charge is 0.422 e. The van der Waals surface area contributed by atoms with Crippen LogP contribution in [0.3, 0.4) is 0 Å². The number of likely N-dealkylation sites (N-methyl/N-ethyl adjacent to an activating group) is 2. The summed E-state index contributed by atoms with van der Waals surface area (Å²) in [5.74, 6) is -2.15. The number of rotatable bonds is 11. The number of hydrogen-bond donors (Lipinski definition) is 1. The van der Waals surface area contributed by atoms with E-state index in [0.29, 0.717) is 43.9 Å². The van der Waals surface area contributed by atoms with Crippen molar-refractivity contribution in [2.75, 3.05) is 61.1 Å². The van der Waals surface area contributed by atoms with Crippen LogP contribution in [-0.2, 0) is 23.9 Å². The highest BCUT2D eigenvalue weighted by Gasteiger charge is 2.38. The molecule has 2 aromatic carbocycles. The minimum atomic E-state index is -4.68. The number of alkyl halides is 3. The summed E-state index contributed by atoms with van der Waals surface area (Å²) in [5, 5.41) is 0. The highest BCUT2D eigenvalue weighted by Crippen LogP contribution is 2.36. The van der Waals surface area contributed by atoms with Crippen LogP contribution >= 0.6 is 0 Å². The molecule has 3 amide bonds. The van der Waals surface area contributed by atoms with Crippen molar-refractivity contribution in [3.05, 3.63) is 59.7 Å². The summed E-state index contributed by atoms with van der Waals surface area (Å²) in [6.07, 6.45) is -1.43. The second-order valence-corrected chi connectivity index (χ2v) is 15.3. The largest absolute Gasteiger partial charge is 0.492 e. The molecule has 306 valence electrons. The van der Waals surface area contributed by atoms with E-state index < -0.39 is 42.5 Å². The summed E-state index contributed by atoms with van der Waals surface area (Å²) in [7, 11) is 7.94. The van der Waals surface area contributed by atoms with E-state index in [4.69, 9.17) is 15.2 Å². The number of esters is 1. The molecule has 2 aliphatic heterocycles. The number of primary amides is 1. The second kappa shape index (κ2) is 20.5. The van der Waals surface area contributed by atoms with Crippen molar-refractivity contribution in [2.45, 2.75) is 83.7 Å². The van der Waals surface area contributed by atoms with Crippen LogP contribution in [0.25, 0.3) is 0 Å². The molecule has 0 spiro atoms. The van der Waals surface area contributed by atoms with Gasteiger partial charge in [0.1, 0.15) is 24.7 Å². The molecule has 2 fully saturated rings. The number of ether oxygens (including phenoxy) is 3. The summed E-state index contributed by atoms with van der Waals surface area (Å²) in [4.78, 5) is 55.2. The lowest BCUT2D eigenvalue weighted by atomic mass is 9.89. The van der Waals surface area contributed by atoms with Gasteiger partial charge in [0.25, 0.3) is 0 Å². The quantitative estimate of drug-likeness (QED) is 0.241. The van der Waals surface area contributed by atoms with Crippen molar-refractivity contribution in [1.82, 2.24) is 19.6 Å². The highest BCUT2D eigenvalue weighted by molar-refractivity contribution is 6.34. The van der Waals surface area contributed by atoms with Gasteiger partial charge in [-0.05, 0) is 115 Å². The second-order valence-electron chi connectivity index (χ2n) is 15.3. The van der Waals surface area contributed by atoms with Gasteiger partial charge in [-0.1, -0.05) is 38.1 Å². The van der Waals surface area contributed by atoms with Crippen LogP contribution in [0.5, 0.6) is 11.5 Å². The Balaban J connectivity index is 0.000000300. The molecule has 1 unspecified atom stereocenters. The lowest BCUT2D eigenvalue weighted by Gasteiger charge is -2.38. The van der Waals surface area contributed by atoms with Gasteiger partial charge in [-0.15, -0.1) is 0 Å². The third-order valence-corrected chi connectivity index (χ3v) is 10.1. The summed E-state index contributed by atoms with van der Waals surface area (Å²) in [6.45, 7) is 8.24. The first-order valence-corrected chi connectivity index (χ1v) is 18.7.